The summed E-state index contributed by atoms with van der Waals surface area (Å²) in [6.45, 7) is 6.49. The monoisotopic (exact) mass is 310 g/mol. The molecular weight excluding hydrogens is 288 g/mol. The molecule has 1 N–H and O–H groups in total. The number of aromatic nitrogens is 4. The molecule has 0 unspecified atom stereocenters. The number of H-pyrrole nitrogens is 1. The molecule has 1 aromatic carbocycles. The first kappa shape index (κ1) is 14.3. The van der Waals surface area contributed by atoms with Crippen molar-refractivity contribution in [2.45, 2.75) is 6.92 Å². The molecule has 1 aliphatic rings. The van der Waals surface area contributed by atoms with Gasteiger partial charge in [-0.25, -0.2) is 4.98 Å². The molecule has 1 fully saturated rings. The van der Waals surface area contributed by atoms with Gasteiger partial charge in [-0.1, -0.05) is 0 Å². The van der Waals surface area contributed by atoms with Gasteiger partial charge < -0.3 is 14.8 Å². The number of benzene rings is 1. The van der Waals surface area contributed by atoms with Crippen LogP contribution in [0.3, 0.4) is 0 Å². The number of aromatic amines is 1. The van der Waals surface area contributed by atoms with Gasteiger partial charge in [0.1, 0.15) is 5.69 Å². The second-order valence-electron chi connectivity index (χ2n) is 6.41. The highest BCUT2D eigenvalue weighted by atomic mass is 15.3. The number of fused-ring (bicyclic) bond motifs is 1. The summed E-state index contributed by atoms with van der Waals surface area (Å²) in [5.41, 5.74) is 5.47. The highest BCUT2D eigenvalue weighted by Crippen LogP contribution is 2.27. The highest BCUT2D eigenvalue weighted by molar-refractivity contribution is 5.85. The van der Waals surface area contributed by atoms with E-state index in [1.165, 1.54) is 11.3 Å². The standard InChI is InChI=1S/C17H22N6/c1-12-10-13(23-8-6-21(2)7-9-23)11-15-16(12)19-17(18-15)14-4-5-22(3)20-14/h4-5,10-11H,6-9H2,1-3H3,(H,18,19). The number of nitrogens with one attached hydrogen (secondary N) is 1. The third kappa shape index (κ3) is 2.59. The minimum absolute atomic E-state index is 0.833. The molecule has 6 nitrogen and oxygen atoms in total. The summed E-state index contributed by atoms with van der Waals surface area (Å²) in [4.78, 5) is 13.0. The zero-order valence-electron chi connectivity index (χ0n) is 13.9. The molecule has 23 heavy (non-hydrogen) atoms. The number of nitrogens with zero attached hydrogens (tertiary/aromatic N) is 5. The first-order chi connectivity index (χ1) is 11.1. The first-order valence-corrected chi connectivity index (χ1v) is 8.04. The van der Waals surface area contributed by atoms with Crippen LogP contribution in [-0.2, 0) is 7.05 Å². The van der Waals surface area contributed by atoms with Gasteiger partial charge in [0, 0.05) is 45.1 Å². The van der Waals surface area contributed by atoms with E-state index in [0.29, 0.717) is 0 Å². The SMILES string of the molecule is Cc1cc(N2CCN(C)CC2)cc2[nH]c(-c3ccn(C)n3)nc12. The van der Waals surface area contributed by atoms with Crippen LogP contribution in [0.2, 0.25) is 0 Å². The van der Waals surface area contributed by atoms with Gasteiger partial charge in [-0.2, -0.15) is 5.10 Å². The Morgan fingerprint density at radius 3 is 2.57 bits per heavy atom. The Bertz CT molecular complexity index is 838. The molecule has 0 saturated carbocycles. The molecule has 0 bridgehead atoms. The summed E-state index contributed by atoms with van der Waals surface area (Å²) in [5.74, 6) is 0.833. The number of anilines is 1. The number of hydrogen-bond acceptors (Lipinski definition) is 4. The van der Waals surface area contributed by atoms with Crippen LogP contribution in [-0.4, -0.2) is 57.9 Å². The predicted octanol–water partition coefficient (Wildman–Crippen LogP) is 2.02. The van der Waals surface area contributed by atoms with Gasteiger partial charge in [-0.05, 0) is 37.7 Å². The van der Waals surface area contributed by atoms with Gasteiger partial charge in [0.25, 0.3) is 0 Å². The lowest BCUT2D eigenvalue weighted by Gasteiger charge is -2.34. The number of imidazole rings is 1. The van der Waals surface area contributed by atoms with E-state index in [1.807, 2.05) is 19.3 Å². The van der Waals surface area contributed by atoms with Crippen molar-refractivity contribution in [3.05, 3.63) is 30.0 Å². The maximum atomic E-state index is 4.74. The van der Waals surface area contributed by atoms with E-state index in [2.05, 4.69) is 46.0 Å². The van der Waals surface area contributed by atoms with Crippen LogP contribution in [0.4, 0.5) is 5.69 Å². The van der Waals surface area contributed by atoms with Crippen LogP contribution in [0, 0.1) is 6.92 Å². The lowest BCUT2D eigenvalue weighted by Crippen LogP contribution is -2.44. The van der Waals surface area contributed by atoms with Crippen molar-refractivity contribution in [2.24, 2.45) is 7.05 Å². The maximum absolute atomic E-state index is 4.74. The molecular formula is C17H22N6. The largest absolute Gasteiger partial charge is 0.369 e. The number of likely N-dealkylation sites (N-methyl/N-ethyl adjacent to an activating group) is 1. The van der Waals surface area contributed by atoms with Gasteiger partial charge in [-0.3, -0.25) is 4.68 Å². The minimum atomic E-state index is 0.833. The number of rotatable bonds is 2. The fourth-order valence-corrected chi connectivity index (χ4v) is 3.18. The molecule has 0 spiro atoms. The lowest BCUT2D eigenvalue weighted by atomic mass is 10.1. The molecule has 0 aliphatic carbocycles. The van der Waals surface area contributed by atoms with Crippen LogP contribution in [0.1, 0.15) is 5.56 Å². The summed E-state index contributed by atoms with van der Waals surface area (Å²) in [6, 6.07) is 6.44. The van der Waals surface area contributed by atoms with Crippen LogP contribution >= 0.6 is 0 Å². The summed E-state index contributed by atoms with van der Waals surface area (Å²) < 4.78 is 1.80. The topological polar surface area (TPSA) is 53.0 Å². The average Bonchev–Trinajstić information content (AvgIpc) is 3.14. The molecule has 1 saturated heterocycles. The second-order valence-corrected chi connectivity index (χ2v) is 6.41. The molecule has 0 atom stereocenters. The van der Waals surface area contributed by atoms with Crippen LogP contribution in [0.15, 0.2) is 24.4 Å². The summed E-state index contributed by atoms with van der Waals surface area (Å²) in [7, 11) is 4.10. The van der Waals surface area contributed by atoms with E-state index in [0.717, 1.165) is 48.7 Å². The van der Waals surface area contributed by atoms with Crippen LogP contribution in [0.25, 0.3) is 22.6 Å². The van der Waals surface area contributed by atoms with E-state index in [-0.39, 0.29) is 0 Å². The summed E-state index contributed by atoms with van der Waals surface area (Å²) in [6.07, 6.45) is 1.94. The predicted molar refractivity (Wildman–Crippen MR) is 92.7 cm³/mol. The molecule has 4 rings (SSSR count). The fourth-order valence-electron chi connectivity index (χ4n) is 3.18. The van der Waals surface area contributed by atoms with Gasteiger partial charge in [0.15, 0.2) is 5.82 Å². The van der Waals surface area contributed by atoms with E-state index < -0.39 is 0 Å². The highest BCUT2D eigenvalue weighted by Gasteiger charge is 2.17. The summed E-state index contributed by atoms with van der Waals surface area (Å²) >= 11 is 0. The zero-order chi connectivity index (χ0) is 16.0. The van der Waals surface area contributed by atoms with E-state index >= 15 is 0 Å². The van der Waals surface area contributed by atoms with Crippen molar-refractivity contribution in [3.8, 4) is 11.5 Å². The van der Waals surface area contributed by atoms with Crippen molar-refractivity contribution in [2.75, 3.05) is 38.1 Å². The van der Waals surface area contributed by atoms with Crippen molar-refractivity contribution in [1.82, 2.24) is 24.6 Å². The van der Waals surface area contributed by atoms with Crippen molar-refractivity contribution in [1.29, 1.82) is 0 Å². The van der Waals surface area contributed by atoms with Gasteiger partial charge in [-0.15, -0.1) is 0 Å². The van der Waals surface area contributed by atoms with Crippen molar-refractivity contribution in [3.63, 3.8) is 0 Å². The van der Waals surface area contributed by atoms with Gasteiger partial charge in [0.2, 0.25) is 0 Å². The quantitative estimate of drug-likeness (QED) is 0.787. The molecule has 6 heteroatoms. The fraction of sp³-hybridized carbons (Fsp3) is 0.412. The third-order valence-corrected chi connectivity index (χ3v) is 4.59. The first-order valence-electron chi connectivity index (χ1n) is 8.04. The van der Waals surface area contributed by atoms with Crippen LogP contribution in [0.5, 0.6) is 0 Å². The Morgan fingerprint density at radius 2 is 1.87 bits per heavy atom. The molecule has 1 aliphatic heterocycles. The van der Waals surface area contributed by atoms with Crippen molar-refractivity contribution < 1.29 is 0 Å². The molecule has 0 radical (unpaired) electrons. The minimum Gasteiger partial charge on any atom is -0.369 e. The molecule has 3 aromatic rings. The van der Waals surface area contributed by atoms with Gasteiger partial charge >= 0.3 is 0 Å². The van der Waals surface area contributed by atoms with Crippen LogP contribution < -0.4 is 4.90 Å². The maximum Gasteiger partial charge on any atom is 0.159 e. The molecule has 3 heterocycles. The average molecular weight is 310 g/mol. The van der Waals surface area contributed by atoms with E-state index in [1.54, 1.807) is 4.68 Å². The Balaban J connectivity index is 1.72. The van der Waals surface area contributed by atoms with Crippen molar-refractivity contribution >= 4 is 16.7 Å². The Morgan fingerprint density at radius 1 is 1.09 bits per heavy atom. The number of piperazine rings is 1. The smallest absolute Gasteiger partial charge is 0.159 e. The Kier molecular flexibility index (Phi) is 3.34. The second kappa shape index (κ2) is 5.38. The molecule has 120 valence electrons. The molecule has 2 aromatic heterocycles. The number of hydrogen-bond donors (Lipinski definition) is 1. The Hall–Kier alpha value is -2.34. The normalized spacial score (nSPS) is 16.4. The third-order valence-electron chi connectivity index (χ3n) is 4.59. The summed E-state index contributed by atoms with van der Waals surface area (Å²) in [5, 5.41) is 4.43. The zero-order valence-corrected chi connectivity index (χ0v) is 13.9. The van der Waals surface area contributed by atoms with E-state index in [9.17, 15) is 0 Å². The van der Waals surface area contributed by atoms with Gasteiger partial charge in [0.05, 0.1) is 11.0 Å². The Labute approximate surface area is 135 Å². The number of aryl methyl sites for hydroxylation is 2. The molecule has 0 amide bonds. The lowest BCUT2D eigenvalue weighted by molar-refractivity contribution is 0.313. The van der Waals surface area contributed by atoms with E-state index in [4.69, 9.17) is 4.98 Å².